The number of rotatable bonds is 8. The molecule has 1 aromatic carbocycles. The van der Waals surface area contributed by atoms with Crippen LogP contribution in [-0.4, -0.2) is 26.2 Å². The van der Waals surface area contributed by atoms with Gasteiger partial charge in [0, 0.05) is 12.8 Å². The molecule has 1 rings (SSSR count). The van der Waals surface area contributed by atoms with Crippen molar-refractivity contribution in [3.8, 4) is 0 Å². The summed E-state index contributed by atoms with van der Waals surface area (Å²) < 4.78 is 9.21. The molecule has 0 N–H and O–H groups in total. The van der Waals surface area contributed by atoms with E-state index < -0.39 is 0 Å². The Bertz CT molecular complexity index is 423. The van der Waals surface area contributed by atoms with Gasteiger partial charge in [-0.2, -0.15) is 0 Å². The highest BCUT2D eigenvalue weighted by Gasteiger charge is 2.02. The normalized spacial score (nSPS) is 10.1. The second-order valence-corrected chi connectivity index (χ2v) is 4.68. The number of carbonyl (C=O) groups is 2. The summed E-state index contributed by atoms with van der Waals surface area (Å²) in [4.78, 5) is 22.0. The molecule has 0 saturated heterocycles. The van der Waals surface area contributed by atoms with Gasteiger partial charge in [0.2, 0.25) is 0 Å². The Hall–Kier alpha value is -1.84. The molecular weight excluding hydrogens is 256 g/mol. The van der Waals surface area contributed by atoms with E-state index in [0.717, 1.165) is 24.8 Å². The first-order valence-corrected chi connectivity index (χ1v) is 6.87. The van der Waals surface area contributed by atoms with E-state index in [4.69, 9.17) is 0 Å². The summed E-state index contributed by atoms with van der Waals surface area (Å²) in [5.74, 6) is -0.333. The Morgan fingerprint density at radius 2 is 1.30 bits per heavy atom. The molecule has 0 atom stereocenters. The number of unbranched alkanes of at least 4 members (excludes halogenated alkanes) is 1. The molecule has 0 spiro atoms. The van der Waals surface area contributed by atoms with Gasteiger partial charge < -0.3 is 9.47 Å². The second kappa shape index (κ2) is 9.13. The standard InChI is InChI=1S/C16H22O4/c1-19-15(17)6-4-3-5-13-7-9-14(10-8-13)11-12-16(18)20-2/h7-10H,3-6,11-12H2,1-2H3. The average Bonchev–Trinajstić information content (AvgIpc) is 2.49. The summed E-state index contributed by atoms with van der Waals surface area (Å²) in [7, 11) is 2.81. The van der Waals surface area contributed by atoms with Crippen LogP contribution in [0.3, 0.4) is 0 Å². The van der Waals surface area contributed by atoms with Gasteiger partial charge in [0.1, 0.15) is 0 Å². The maximum atomic E-state index is 11.0. The lowest BCUT2D eigenvalue weighted by molar-refractivity contribution is -0.141. The fourth-order valence-corrected chi connectivity index (χ4v) is 1.92. The minimum Gasteiger partial charge on any atom is -0.469 e. The molecule has 0 aliphatic carbocycles. The number of aryl methyl sites for hydroxylation is 2. The van der Waals surface area contributed by atoms with Crippen LogP contribution < -0.4 is 0 Å². The molecule has 0 bridgehead atoms. The third kappa shape index (κ3) is 6.36. The van der Waals surface area contributed by atoms with E-state index in [2.05, 4.69) is 21.6 Å². The summed E-state index contributed by atoms with van der Waals surface area (Å²) in [5.41, 5.74) is 2.38. The molecule has 0 aliphatic heterocycles. The van der Waals surface area contributed by atoms with Crippen molar-refractivity contribution in [3.05, 3.63) is 35.4 Å². The van der Waals surface area contributed by atoms with Crippen LogP contribution in [0.5, 0.6) is 0 Å². The van der Waals surface area contributed by atoms with Gasteiger partial charge in [0.15, 0.2) is 0 Å². The molecular formula is C16H22O4. The molecule has 0 amide bonds. The summed E-state index contributed by atoms with van der Waals surface area (Å²) in [6.45, 7) is 0. The fraction of sp³-hybridized carbons (Fsp3) is 0.500. The third-order valence-electron chi connectivity index (χ3n) is 3.19. The molecule has 0 aliphatic rings. The number of esters is 2. The van der Waals surface area contributed by atoms with Crippen molar-refractivity contribution in [1.29, 1.82) is 0 Å². The van der Waals surface area contributed by atoms with Crippen molar-refractivity contribution in [2.45, 2.75) is 38.5 Å². The Balaban J connectivity index is 2.28. The van der Waals surface area contributed by atoms with Crippen molar-refractivity contribution in [3.63, 3.8) is 0 Å². The summed E-state index contributed by atoms with van der Waals surface area (Å²) in [6.07, 6.45) is 4.36. The van der Waals surface area contributed by atoms with Crippen LogP contribution in [0.4, 0.5) is 0 Å². The number of methoxy groups -OCH3 is 2. The van der Waals surface area contributed by atoms with Gasteiger partial charge in [0.25, 0.3) is 0 Å². The van der Waals surface area contributed by atoms with Crippen molar-refractivity contribution >= 4 is 11.9 Å². The van der Waals surface area contributed by atoms with E-state index in [0.29, 0.717) is 19.3 Å². The highest BCUT2D eigenvalue weighted by molar-refractivity contribution is 5.69. The van der Waals surface area contributed by atoms with Gasteiger partial charge in [0.05, 0.1) is 14.2 Å². The molecule has 0 saturated carbocycles. The first-order chi connectivity index (χ1) is 9.65. The van der Waals surface area contributed by atoms with E-state index in [1.807, 2.05) is 12.1 Å². The van der Waals surface area contributed by atoms with E-state index in [1.54, 1.807) is 0 Å². The number of hydrogen-bond donors (Lipinski definition) is 0. The lowest BCUT2D eigenvalue weighted by Crippen LogP contribution is -2.02. The first-order valence-electron chi connectivity index (χ1n) is 6.87. The number of carbonyl (C=O) groups excluding carboxylic acids is 2. The van der Waals surface area contributed by atoms with Crippen LogP contribution >= 0.6 is 0 Å². The summed E-state index contributed by atoms with van der Waals surface area (Å²) in [6, 6.07) is 8.23. The predicted octanol–water partition coefficient (Wildman–Crippen LogP) is 2.68. The first kappa shape index (κ1) is 16.2. The van der Waals surface area contributed by atoms with E-state index in [-0.39, 0.29) is 11.9 Å². The molecule has 0 fully saturated rings. The Labute approximate surface area is 120 Å². The molecule has 0 radical (unpaired) electrons. The van der Waals surface area contributed by atoms with Crippen molar-refractivity contribution in [1.82, 2.24) is 0 Å². The van der Waals surface area contributed by atoms with Gasteiger partial charge >= 0.3 is 11.9 Å². The molecule has 0 unspecified atom stereocenters. The molecule has 1 aromatic rings. The lowest BCUT2D eigenvalue weighted by Gasteiger charge is -2.04. The molecule has 4 heteroatoms. The Kier molecular flexibility index (Phi) is 7.40. The maximum absolute atomic E-state index is 11.0. The number of ether oxygens (including phenoxy) is 2. The SMILES string of the molecule is COC(=O)CCCCc1ccc(CCC(=O)OC)cc1. The van der Waals surface area contributed by atoms with E-state index in [9.17, 15) is 9.59 Å². The molecule has 110 valence electrons. The topological polar surface area (TPSA) is 52.6 Å². The molecule has 4 nitrogen and oxygen atoms in total. The van der Waals surface area contributed by atoms with Gasteiger partial charge in [-0.1, -0.05) is 24.3 Å². The van der Waals surface area contributed by atoms with Gasteiger partial charge in [-0.05, 0) is 36.8 Å². The van der Waals surface area contributed by atoms with Crippen molar-refractivity contribution in [2.75, 3.05) is 14.2 Å². The smallest absolute Gasteiger partial charge is 0.305 e. The van der Waals surface area contributed by atoms with E-state index in [1.165, 1.54) is 19.8 Å². The summed E-state index contributed by atoms with van der Waals surface area (Å²) in [5, 5.41) is 0. The zero-order chi connectivity index (χ0) is 14.8. The summed E-state index contributed by atoms with van der Waals surface area (Å²) >= 11 is 0. The fourth-order valence-electron chi connectivity index (χ4n) is 1.92. The van der Waals surface area contributed by atoms with Gasteiger partial charge in [-0.15, -0.1) is 0 Å². The van der Waals surface area contributed by atoms with Crippen LogP contribution in [0, 0.1) is 0 Å². The molecule has 0 aromatic heterocycles. The molecule has 20 heavy (non-hydrogen) atoms. The van der Waals surface area contributed by atoms with Crippen LogP contribution in [-0.2, 0) is 31.9 Å². The zero-order valence-electron chi connectivity index (χ0n) is 12.2. The van der Waals surface area contributed by atoms with Gasteiger partial charge in [-0.3, -0.25) is 9.59 Å². The number of hydrogen-bond acceptors (Lipinski definition) is 4. The predicted molar refractivity (Wildman–Crippen MR) is 76.4 cm³/mol. The Morgan fingerprint density at radius 1 is 0.800 bits per heavy atom. The lowest BCUT2D eigenvalue weighted by atomic mass is 10.0. The van der Waals surface area contributed by atoms with Crippen LogP contribution in [0.25, 0.3) is 0 Å². The average molecular weight is 278 g/mol. The maximum Gasteiger partial charge on any atom is 0.305 e. The minimum atomic E-state index is -0.183. The Morgan fingerprint density at radius 3 is 1.85 bits per heavy atom. The second-order valence-electron chi connectivity index (χ2n) is 4.68. The minimum absolute atomic E-state index is 0.150. The highest BCUT2D eigenvalue weighted by atomic mass is 16.5. The van der Waals surface area contributed by atoms with Gasteiger partial charge in [-0.25, -0.2) is 0 Å². The van der Waals surface area contributed by atoms with Crippen LogP contribution in [0.15, 0.2) is 24.3 Å². The highest BCUT2D eigenvalue weighted by Crippen LogP contribution is 2.11. The monoisotopic (exact) mass is 278 g/mol. The van der Waals surface area contributed by atoms with Crippen LogP contribution in [0.2, 0.25) is 0 Å². The van der Waals surface area contributed by atoms with Crippen molar-refractivity contribution < 1.29 is 19.1 Å². The van der Waals surface area contributed by atoms with Crippen molar-refractivity contribution in [2.24, 2.45) is 0 Å². The third-order valence-corrected chi connectivity index (χ3v) is 3.19. The van der Waals surface area contributed by atoms with Crippen LogP contribution in [0.1, 0.15) is 36.8 Å². The quantitative estimate of drug-likeness (QED) is 0.542. The largest absolute Gasteiger partial charge is 0.469 e. The van der Waals surface area contributed by atoms with E-state index >= 15 is 0 Å². The molecule has 0 heterocycles. The number of benzene rings is 1. The zero-order valence-corrected chi connectivity index (χ0v) is 12.2.